The average Bonchev–Trinajstić information content (AvgIpc) is 1.79. The van der Waals surface area contributed by atoms with Crippen molar-refractivity contribution in [2.45, 2.75) is 19.4 Å². The van der Waals surface area contributed by atoms with Crippen molar-refractivity contribution in [1.29, 1.82) is 0 Å². The number of ether oxygens (including phenoxy) is 1. The summed E-state index contributed by atoms with van der Waals surface area (Å²) in [5.41, 5.74) is -0.536. The fourth-order valence-corrected chi connectivity index (χ4v) is 0.747. The van der Waals surface area contributed by atoms with E-state index in [0.717, 1.165) is 0 Å². The quantitative estimate of drug-likeness (QED) is 0.490. The molecule has 0 aromatic carbocycles. The second kappa shape index (κ2) is 1.60. The molecule has 9 heavy (non-hydrogen) atoms. The lowest BCUT2D eigenvalue weighted by Gasteiger charge is -2.11. The molecular formula is C5H9NO3. The zero-order chi connectivity index (χ0) is 7.07. The summed E-state index contributed by atoms with van der Waals surface area (Å²) in [5, 5.41) is 9.26. The van der Waals surface area contributed by atoms with Crippen LogP contribution in [-0.4, -0.2) is 28.5 Å². The van der Waals surface area contributed by atoms with E-state index in [9.17, 15) is 4.79 Å². The molecule has 1 amide bonds. The van der Waals surface area contributed by atoms with Gasteiger partial charge in [-0.2, -0.15) is 5.06 Å². The van der Waals surface area contributed by atoms with Gasteiger partial charge in [0.25, 0.3) is 0 Å². The number of hydrogen-bond donors (Lipinski definition) is 1. The molecular weight excluding hydrogens is 122 g/mol. The molecule has 4 heteroatoms. The van der Waals surface area contributed by atoms with E-state index in [4.69, 9.17) is 9.94 Å². The molecule has 1 aliphatic rings. The number of amides is 1. The Bertz CT molecular complexity index is 143. The Balaban J connectivity index is 2.65. The third kappa shape index (κ3) is 1.13. The van der Waals surface area contributed by atoms with Gasteiger partial charge < -0.3 is 4.74 Å². The lowest BCUT2D eigenvalue weighted by Crippen LogP contribution is -2.25. The number of cyclic esters (lactones) is 1. The minimum Gasteiger partial charge on any atom is -0.440 e. The Morgan fingerprint density at radius 2 is 2.33 bits per heavy atom. The SMILES string of the molecule is CC1(C)CN(O)C(=O)O1. The third-order valence-electron chi connectivity index (χ3n) is 1.10. The second-order valence-electron chi connectivity index (χ2n) is 2.69. The molecule has 1 aliphatic heterocycles. The molecule has 0 saturated carbocycles. The van der Waals surface area contributed by atoms with Gasteiger partial charge in [0.2, 0.25) is 0 Å². The Kier molecular flexibility index (Phi) is 1.13. The van der Waals surface area contributed by atoms with E-state index >= 15 is 0 Å². The fourth-order valence-electron chi connectivity index (χ4n) is 0.747. The Hall–Kier alpha value is -0.770. The highest BCUT2D eigenvalue weighted by Crippen LogP contribution is 2.18. The van der Waals surface area contributed by atoms with E-state index in [-0.39, 0.29) is 6.54 Å². The van der Waals surface area contributed by atoms with E-state index < -0.39 is 11.7 Å². The molecule has 0 spiro atoms. The van der Waals surface area contributed by atoms with E-state index in [1.807, 2.05) is 0 Å². The molecule has 1 fully saturated rings. The molecule has 52 valence electrons. The molecule has 0 aliphatic carbocycles. The highest BCUT2D eigenvalue weighted by molar-refractivity contribution is 5.68. The van der Waals surface area contributed by atoms with E-state index in [0.29, 0.717) is 5.06 Å². The first-order chi connectivity index (χ1) is 4.01. The third-order valence-corrected chi connectivity index (χ3v) is 1.10. The molecule has 1 heterocycles. The first-order valence-electron chi connectivity index (χ1n) is 2.71. The number of carbonyl (C=O) groups excluding carboxylic acids is 1. The van der Waals surface area contributed by atoms with Crippen LogP contribution in [0.15, 0.2) is 0 Å². The maximum atomic E-state index is 10.4. The average molecular weight is 131 g/mol. The van der Waals surface area contributed by atoms with Crippen LogP contribution in [0, 0.1) is 0 Å². The van der Waals surface area contributed by atoms with Gasteiger partial charge in [-0.3, -0.25) is 5.21 Å². The maximum absolute atomic E-state index is 10.4. The topological polar surface area (TPSA) is 49.8 Å². The summed E-state index contributed by atoms with van der Waals surface area (Å²) >= 11 is 0. The Morgan fingerprint density at radius 1 is 1.78 bits per heavy atom. The van der Waals surface area contributed by atoms with Crippen molar-refractivity contribution in [2.75, 3.05) is 6.54 Å². The van der Waals surface area contributed by atoms with Gasteiger partial charge >= 0.3 is 6.09 Å². The lowest BCUT2D eigenvalue weighted by molar-refractivity contribution is -0.0322. The zero-order valence-corrected chi connectivity index (χ0v) is 5.42. The Labute approximate surface area is 53.0 Å². The van der Waals surface area contributed by atoms with E-state index in [1.165, 1.54) is 0 Å². The van der Waals surface area contributed by atoms with Gasteiger partial charge in [0.15, 0.2) is 0 Å². The van der Waals surface area contributed by atoms with Crippen LogP contribution in [0.5, 0.6) is 0 Å². The first kappa shape index (κ1) is 6.35. The fraction of sp³-hybridized carbons (Fsp3) is 0.800. The largest absolute Gasteiger partial charge is 0.440 e. The van der Waals surface area contributed by atoms with Crippen LogP contribution in [0.1, 0.15) is 13.8 Å². The molecule has 0 radical (unpaired) electrons. The van der Waals surface area contributed by atoms with Crippen LogP contribution >= 0.6 is 0 Å². The summed E-state index contributed by atoms with van der Waals surface area (Å²) < 4.78 is 4.70. The minimum atomic E-state index is -0.667. The van der Waals surface area contributed by atoms with Gasteiger partial charge in [-0.1, -0.05) is 0 Å². The second-order valence-corrected chi connectivity index (χ2v) is 2.69. The van der Waals surface area contributed by atoms with Crippen LogP contribution in [0.4, 0.5) is 4.79 Å². The smallest absolute Gasteiger partial charge is 0.434 e. The number of rotatable bonds is 0. The van der Waals surface area contributed by atoms with Crippen molar-refractivity contribution in [3.63, 3.8) is 0 Å². The van der Waals surface area contributed by atoms with Gasteiger partial charge in [0.05, 0.1) is 6.54 Å². The van der Waals surface area contributed by atoms with Gasteiger partial charge in [-0.25, -0.2) is 4.79 Å². The van der Waals surface area contributed by atoms with Crippen molar-refractivity contribution in [3.05, 3.63) is 0 Å². The summed E-state index contributed by atoms with van der Waals surface area (Å²) in [6.45, 7) is 3.72. The standard InChI is InChI=1S/C5H9NO3/c1-5(2)3-6(8)4(7)9-5/h8H,3H2,1-2H3. The van der Waals surface area contributed by atoms with Crippen molar-refractivity contribution in [2.24, 2.45) is 0 Å². The molecule has 0 bridgehead atoms. The summed E-state index contributed by atoms with van der Waals surface area (Å²) in [6, 6.07) is 0. The highest BCUT2D eigenvalue weighted by Gasteiger charge is 2.36. The van der Waals surface area contributed by atoms with Crippen LogP contribution in [0.2, 0.25) is 0 Å². The number of hydroxylamine groups is 2. The molecule has 1 saturated heterocycles. The van der Waals surface area contributed by atoms with Crippen molar-refractivity contribution in [3.8, 4) is 0 Å². The summed E-state index contributed by atoms with van der Waals surface area (Å²) in [4.78, 5) is 10.4. The van der Waals surface area contributed by atoms with Gasteiger partial charge in [0.1, 0.15) is 5.60 Å². The van der Waals surface area contributed by atoms with Gasteiger partial charge in [-0.05, 0) is 13.8 Å². The van der Waals surface area contributed by atoms with Crippen molar-refractivity contribution in [1.82, 2.24) is 5.06 Å². The predicted octanol–water partition coefficient (Wildman–Crippen LogP) is 0.606. The lowest BCUT2D eigenvalue weighted by atomic mass is 10.1. The van der Waals surface area contributed by atoms with Crippen LogP contribution in [-0.2, 0) is 4.74 Å². The summed E-state index contributed by atoms with van der Waals surface area (Å²) in [6.07, 6.45) is -0.667. The van der Waals surface area contributed by atoms with Crippen LogP contribution in [0.3, 0.4) is 0 Å². The normalized spacial score (nSPS) is 24.3. The number of hydrogen-bond acceptors (Lipinski definition) is 3. The zero-order valence-electron chi connectivity index (χ0n) is 5.42. The van der Waals surface area contributed by atoms with Crippen LogP contribution < -0.4 is 0 Å². The predicted molar refractivity (Wildman–Crippen MR) is 29.1 cm³/mol. The van der Waals surface area contributed by atoms with E-state index in [1.54, 1.807) is 13.8 Å². The molecule has 0 atom stereocenters. The molecule has 4 nitrogen and oxygen atoms in total. The molecule has 0 aromatic heterocycles. The van der Waals surface area contributed by atoms with E-state index in [2.05, 4.69) is 0 Å². The maximum Gasteiger partial charge on any atom is 0.434 e. The van der Waals surface area contributed by atoms with Gasteiger partial charge in [-0.15, -0.1) is 0 Å². The molecule has 1 N–H and O–H groups in total. The van der Waals surface area contributed by atoms with Crippen LogP contribution in [0.25, 0.3) is 0 Å². The summed E-state index contributed by atoms with van der Waals surface area (Å²) in [7, 11) is 0. The number of carbonyl (C=O) groups is 1. The molecule has 0 aromatic rings. The Morgan fingerprint density at radius 3 is 2.44 bits per heavy atom. The van der Waals surface area contributed by atoms with Crippen molar-refractivity contribution < 1.29 is 14.7 Å². The van der Waals surface area contributed by atoms with Crippen molar-refractivity contribution >= 4 is 6.09 Å². The number of nitrogens with zero attached hydrogens (tertiary/aromatic N) is 1. The molecule has 1 rings (SSSR count). The molecule has 0 unspecified atom stereocenters. The first-order valence-corrected chi connectivity index (χ1v) is 2.71. The summed E-state index contributed by atoms with van der Waals surface area (Å²) in [5.74, 6) is 0. The monoisotopic (exact) mass is 131 g/mol. The highest BCUT2D eigenvalue weighted by atomic mass is 16.7. The minimum absolute atomic E-state index is 0.242. The van der Waals surface area contributed by atoms with Gasteiger partial charge in [0, 0.05) is 0 Å².